The van der Waals surface area contributed by atoms with Gasteiger partial charge in [0.15, 0.2) is 0 Å². The molecule has 3 atom stereocenters. The van der Waals surface area contributed by atoms with E-state index in [9.17, 15) is 4.79 Å². The molecule has 0 aromatic heterocycles. The second kappa shape index (κ2) is 6.64. The van der Waals surface area contributed by atoms with Crippen molar-refractivity contribution >= 4 is 17.7 Å². The molecule has 1 saturated heterocycles. The van der Waals surface area contributed by atoms with E-state index in [0.717, 1.165) is 18.6 Å². The molecule has 1 fully saturated rings. The molecule has 1 amide bonds. The molecule has 3 nitrogen and oxygen atoms in total. The molecule has 0 aliphatic carbocycles. The summed E-state index contributed by atoms with van der Waals surface area (Å²) in [6, 6.07) is 0.366. The number of carbonyl (C=O) groups is 1. The highest BCUT2D eigenvalue weighted by molar-refractivity contribution is 7.98. The molecule has 0 bridgehead atoms. The van der Waals surface area contributed by atoms with Crippen LogP contribution in [0.25, 0.3) is 0 Å². The molecule has 3 unspecified atom stereocenters. The lowest BCUT2D eigenvalue weighted by Gasteiger charge is -2.32. The van der Waals surface area contributed by atoms with Crippen LogP contribution in [0.15, 0.2) is 0 Å². The van der Waals surface area contributed by atoms with Crippen LogP contribution in [0.3, 0.4) is 0 Å². The molecule has 0 saturated carbocycles. The third-order valence-corrected chi connectivity index (χ3v) is 4.12. The van der Waals surface area contributed by atoms with Crippen molar-refractivity contribution < 1.29 is 4.79 Å². The third-order valence-electron chi connectivity index (χ3n) is 3.48. The van der Waals surface area contributed by atoms with Gasteiger partial charge in [-0.3, -0.25) is 10.1 Å². The zero-order valence-corrected chi connectivity index (χ0v) is 12.5. The Hall–Kier alpha value is -0.220. The number of nitrogens with one attached hydrogen (secondary N) is 1. The Labute approximate surface area is 110 Å². The van der Waals surface area contributed by atoms with Gasteiger partial charge in [0.2, 0.25) is 5.91 Å². The van der Waals surface area contributed by atoms with E-state index in [0.29, 0.717) is 17.9 Å². The maximum Gasteiger partial charge on any atom is 0.241 e. The van der Waals surface area contributed by atoms with Crippen LogP contribution < -0.4 is 5.32 Å². The van der Waals surface area contributed by atoms with Crippen molar-refractivity contribution in [3.63, 3.8) is 0 Å². The van der Waals surface area contributed by atoms with Crippen LogP contribution in [-0.2, 0) is 4.79 Å². The molecule has 1 rings (SSSR count). The van der Waals surface area contributed by atoms with Gasteiger partial charge in [0.05, 0.1) is 12.2 Å². The smallest absolute Gasteiger partial charge is 0.241 e. The zero-order valence-electron chi connectivity index (χ0n) is 11.7. The van der Waals surface area contributed by atoms with Crippen LogP contribution in [-0.4, -0.2) is 41.1 Å². The molecule has 4 heteroatoms. The average Bonchev–Trinajstić information content (AvgIpc) is 2.63. The summed E-state index contributed by atoms with van der Waals surface area (Å²) < 4.78 is 0. The fraction of sp³-hybridized carbons (Fsp3) is 0.923. The molecular weight excluding hydrogens is 232 g/mol. The number of amides is 1. The first kappa shape index (κ1) is 14.8. The first-order valence-corrected chi connectivity index (χ1v) is 7.99. The number of hydrogen-bond donors (Lipinski definition) is 1. The minimum Gasteiger partial charge on any atom is -0.323 e. The topological polar surface area (TPSA) is 32.3 Å². The van der Waals surface area contributed by atoms with Gasteiger partial charge < -0.3 is 4.90 Å². The Bertz CT molecular complexity index is 258. The largest absolute Gasteiger partial charge is 0.323 e. The lowest BCUT2D eigenvalue weighted by atomic mass is 10.1. The summed E-state index contributed by atoms with van der Waals surface area (Å²) in [6.45, 7) is 8.60. The van der Waals surface area contributed by atoms with Gasteiger partial charge in [0, 0.05) is 6.04 Å². The van der Waals surface area contributed by atoms with E-state index in [2.05, 4.69) is 44.2 Å². The molecule has 0 aromatic carbocycles. The Morgan fingerprint density at radius 2 is 2.06 bits per heavy atom. The average molecular weight is 258 g/mol. The van der Waals surface area contributed by atoms with Crippen LogP contribution >= 0.6 is 11.8 Å². The maximum atomic E-state index is 12.3. The number of rotatable bonds is 6. The normalized spacial score (nSPS) is 26.9. The van der Waals surface area contributed by atoms with E-state index < -0.39 is 0 Å². The summed E-state index contributed by atoms with van der Waals surface area (Å²) in [5.74, 6) is 1.87. The van der Waals surface area contributed by atoms with E-state index >= 15 is 0 Å². The van der Waals surface area contributed by atoms with E-state index in [1.165, 1.54) is 0 Å². The van der Waals surface area contributed by atoms with Gasteiger partial charge in [-0.25, -0.2) is 0 Å². The van der Waals surface area contributed by atoms with Crippen molar-refractivity contribution in [2.45, 2.75) is 58.8 Å². The summed E-state index contributed by atoms with van der Waals surface area (Å²) in [6.07, 6.45) is 4.29. The van der Waals surface area contributed by atoms with Crippen molar-refractivity contribution in [1.29, 1.82) is 0 Å². The highest BCUT2D eigenvalue weighted by Gasteiger charge is 2.41. The predicted molar refractivity (Wildman–Crippen MR) is 75.1 cm³/mol. The van der Waals surface area contributed by atoms with Gasteiger partial charge in [-0.05, 0) is 37.7 Å². The van der Waals surface area contributed by atoms with Crippen molar-refractivity contribution in [2.24, 2.45) is 5.92 Å². The van der Waals surface area contributed by atoms with Crippen LogP contribution in [0.4, 0.5) is 0 Å². The second-order valence-electron chi connectivity index (χ2n) is 5.19. The summed E-state index contributed by atoms with van der Waals surface area (Å²) in [4.78, 5) is 14.4. The van der Waals surface area contributed by atoms with E-state index in [1.54, 1.807) is 0 Å². The highest BCUT2D eigenvalue weighted by Crippen LogP contribution is 2.23. The van der Waals surface area contributed by atoms with Crippen molar-refractivity contribution in [3.05, 3.63) is 0 Å². The number of carbonyl (C=O) groups excluding carboxylic acids is 1. The molecule has 0 radical (unpaired) electrons. The number of thioether (sulfide) groups is 1. The summed E-state index contributed by atoms with van der Waals surface area (Å²) in [5, 5.41) is 3.47. The highest BCUT2D eigenvalue weighted by atomic mass is 32.2. The maximum absolute atomic E-state index is 12.3. The number of hydrogen-bond acceptors (Lipinski definition) is 3. The van der Waals surface area contributed by atoms with Crippen molar-refractivity contribution in [2.75, 3.05) is 12.0 Å². The van der Waals surface area contributed by atoms with Crippen LogP contribution in [0.1, 0.15) is 40.5 Å². The monoisotopic (exact) mass is 258 g/mol. The first-order valence-electron chi connectivity index (χ1n) is 6.60. The zero-order chi connectivity index (χ0) is 13.0. The van der Waals surface area contributed by atoms with E-state index in [4.69, 9.17) is 0 Å². The molecule has 17 heavy (non-hydrogen) atoms. The van der Waals surface area contributed by atoms with Gasteiger partial charge >= 0.3 is 0 Å². The Balaban J connectivity index is 2.73. The Morgan fingerprint density at radius 3 is 2.53 bits per heavy atom. The Kier molecular flexibility index (Phi) is 5.80. The predicted octanol–water partition coefficient (Wildman–Crippen LogP) is 2.32. The molecular formula is C13H26N2OS. The van der Waals surface area contributed by atoms with Gasteiger partial charge in [-0.15, -0.1) is 0 Å². The van der Waals surface area contributed by atoms with Gasteiger partial charge in [-0.2, -0.15) is 11.8 Å². The molecule has 100 valence electrons. The first-order chi connectivity index (χ1) is 8.02. The fourth-order valence-electron chi connectivity index (χ4n) is 2.40. The lowest BCUT2D eigenvalue weighted by molar-refractivity contribution is -0.132. The summed E-state index contributed by atoms with van der Waals surface area (Å²) in [5.41, 5.74) is 0. The van der Waals surface area contributed by atoms with Gasteiger partial charge in [-0.1, -0.05) is 20.8 Å². The molecule has 0 spiro atoms. The second-order valence-corrected chi connectivity index (χ2v) is 6.18. The summed E-state index contributed by atoms with van der Waals surface area (Å²) >= 11 is 1.85. The Morgan fingerprint density at radius 1 is 1.41 bits per heavy atom. The molecule has 1 heterocycles. The van der Waals surface area contributed by atoms with Crippen LogP contribution in [0.2, 0.25) is 0 Å². The molecule has 1 aliphatic heterocycles. The molecule has 0 aromatic rings. The quantitative estimate of drug-likeness (QED) is 0.793. The SMILES string of the molecule is CCC1NC(C(C)C)N(C(C)CCSC)C1=O. The standard InChI is InChI=1S/C13H26N2OS/c1-6-11-13(16)15(10(4)7-8-17-5)12(14-11)9(2)3/h9-12,14H,6-8H2,1-5H3. The molecule has 1 aliphatic rings. The van der Waals surface area contributed by atoms with E-state index in [1.807, 2.05) is 11.8 Å². The number of nitrogens with zero attached hydrogens (tertiary/aromatic N) is 1. The minimum absolute atomic E-state index is 0.0270. The lowest BCUT2D eigenvalue weighted by Crippen LogP contribution is -2.46. The van der Waals surface area contributed by atoms with Crippen molar-refractivity contribution in [1.82, 2.24) is 10.2 Å². The van der Waals surface area contributed by atoms with Gasteiger partial charge in [0.1, 0.15) is 0 Å². The van der Waals surface area contributed by atoms with Gasteiger partial charge in [0.25, 0.3) is 0 Å². The summed E-state index contributed by atoms with van der Waals surface area (Å²) in [7, 11) is 0. The fourth-order valence-corrected chi connectivity index (χ4v) is 2.98. The molecule has 1 N–H and O–H groups in total. The van der Waals surface area contributed by atoms with E-state index in [-0.39, 0.29) is 12.2 Å². The minimum atomic E-state index is 0.0270. The van der Waals surface area contributed by atoms with Crippen LogP contribution in [0.5, 0.6) is 0 Å². The van der Waals surface area contributed by atoms with Crippen LogP contribution in [0, 0.1) is 5.92 Å². The third kappa shape index (κ3) is 3.38. The van der Waals surface area contributed by atoms with Crippen molar-refractivity contribution in [3.8, 4) is 0 Å².